The molecule has 0 aliphatic carbocycles. The SMILES string of the molecule is Cc1cc2cc(OCC3C=CC=CN3C(C)(C)CO)ccc2o1. The van der Waals surface area contributed by atoms with Gasteiger partial charge in [-0.2, -0.15) is 0 Å². The second-order valence-electron chi connectivity index (χ2n) is 6.54. The van der Waals surface area contributed by atoms with E-state index in [9.17, 15) is 5.11 Å². The maximum Gasteiger partial charge on any atom is 0.134 e. The summed E-state index contributed by atoms with van der Waals surface area (Å²) < 4.78 is 11.6. The van der Waals surface area contributed by atoms with Gasteiger partial charge >= 0.3 is 0 Å². The molecule has 1 N–H and O–H groups in total. The highest BCUT2D eigenvalue weighted by Crippen LogP contribution is 2.26. The number of aliphatic hydroxyl groups is 1. The van der Waals surface area contributed by atoms with Gasteiger partial charge in [-0.05, 0) is 51.1 Å². The zero-order valence-corrected chi connectivity index (χ0v) is 13.8. The molecule has 4 nitrogen and oxygen atoms in total. The first-order valence-corrected chi connectivity index (χ1v) is 7.87. The van der Waals surface area contributed by atoms with E-state index in [4.69, 9.17) is 9.15 Å². The number of allylic oxidation sites excluding steroid dienone is 2. The minimum atomic E-state index is -0.332. The van der Waals surface area contributed by atoms with Gasteiger partial charge in [0.15, 0.2) is 0 Å². The van der Waals surface area contributed by atoms with Crippen molar-refractivity contribution in [2.75, 3.05) is 13.2 Å². The number of aryl methyl sites for hydroxylation is 1. The number of ether oxygens (including phenoxy) is 1. The van der Waals surface area contributed by atoms with E-state index in [-0.39, 0.29) is 18.2 Å². The van der Waals surface area contributed by atoms with E-state index in [1.807, 2.05) is 63.4 Å². The summed E-state index contributed by atoms with van der Waals surface area (Å²) in [6.45, 7) is 6.58. The highest BCUT2D eigenvalue weighted by atomic mass is 16.5. The zero-order valence-electron chi connectivity index (χ0n) is 13.8. The first-order chi connectivity index (χ1) is 11.0. The van der Waals surface area contributed by atoms with Gasteiger partial charge < -0.3 is 19.2 Å². The molecule has 23 heavy (non-hydrogen) atoms. The monoisotopic (exact) mass is 313 g/mol. The van der Waals surface area contributed by atoms with Crippen LogP contribution in [0.2, 0.25) is 0 Å². The summed E-state index contributed by atoms with van der Waals surface area (Å²) >= 11 is 0. The van der Waals surface area contributed by atoms with Crippen LogP contribution >= 0.6 is 0 Å². The largest absolute Gasteiger partial charge is 0.491 e. The number of aliphatic hydroxyl groups excluding tert-OH is 1. The molecule has 0 saturated carbocycles. The zero-order chi connectivity index (χ0) is 16.4. The molecular weight excluding hydrogens is 290 g/mol. The molecule has 1 aliphatic heterocycles. The maximum atomic E-state index is 9.62. The minimum Gasteiger partial charge on any atom is -0.491 e. The molecule has 0 radical (unpaired) electrons. The van der Waals surface area contributed by atoms with E-state index in [2.05, 4.69) is 11.0 Å². The fraction of sp³-hybridized carbons (Fsp3) is 0.368. The Morgan fingerprint density at radius 1 is 1.26 bits per heavy atom. The lowest BCUT2D eigenvalue weighted by Gasteiger charge is -2.42. The van der Waals surface area contributed by atoms with E-state index in [0.717, 1.165) is 22.5 Å². The van der Waals surface area contributed by atoms with Gasteiger partial charge in [0.25, 0.3) is 0 Å². The second kappa shape index (κ2) is 6.13. The van der Waals surface area contributed by atoms with Crippen LogP contribution in [0.4, 0.5) is 0 Å². The van der Waals surface area contributed by atoms with Crippen LogP contribution in [0.25, 0.3) is 11.0 Å². The van der Waals surface area contributed by atoms with E-state index in [1.165, 1.54) is 0 Å². The van der Waals surface area contributed by atoms with Crippen LogP contribution in [-0.2, 0) is 0 Å². The van der Waals surface area contributed by atoms with E-state index in [1.54, 1.807) is 0 Å². The van der Waals surface area contributed by atoms with Crippen molar-refractivity contribution in [2.45, 2.75) is 32.4 Å². The number of rotatable bonds is 5. The molecule has 0 saturated heterocycles. The highest BCUT2D eigenvalue weighted by molar-refractivity contribution is 5.79. The van der Waals surface area contributed by atoms with E-state index >= 15 is 0 Å². The Bertz CT molecular complexity index is 742. The molecule has 122 valence electrons. The molecule has 1 unspecified atom stereocenters. The topological polar surface area (TPSA) is 45.8 Å². The summed E-state index contributed by atoms with van der Waals surface area (Å²) in [6.07, 6.45) is 8.10. The van der Waals surface area contributed by atoms with Crippen molar-refractivity contribution in [3.8, 4) is 5.75 Å². The summed E-state index contributed by atoms with van der Waals surface area (Å²) in [5.41, 5.74) is 0.541. The molecule has 4 heteroatoms. The predicted octanol–water partition coefficient (Wildman–Crippen LogP) is 3.65. The number of furan rings is 1. The van der Waals surface area contributed by atoms with Crippen molar-refractivity contribution in [3.05, 3.63) is 54.5 Å². The van der Waals surface area contributed by atoms with Crippen molar-refractivity contribution in [3.63, 3.8) is 0 Å². The van der Waals surface area contributed by atoms with Crippen molar-refractivity contribution in [1.29, 1.82) is 0 Å². The Hall–Kier alpha value is -2.20. The van der Waals surface area contributed by atoms with Gasteiger partial charge in [0.1, 0.15) is 23.7 Å². The summed E-state index contributed by atoms with van der Waals surface area (Å²) in [5.74, 6) is 1.72. The first-order valence-electron chi connectivity index (χ1n) is 7.87. The summed E-state index contributed by atoms with van der Waals surface area (Å²) in [7, 11) is 0. The van der Waals surface area contributed by atoms with Crippen LogP contribution < -0.4 is 4.74 Å². The van der Waals surface area contributed by atoms with Crippen LogP contribution in [0.5, 0.6) is 5.75 Å². The molecule has 2 heterocycles. The molecule has 1 aliphatic rings. The third-order valence-corrected chi connectivity index (χ3v) is 4.17. The molecule has 0 spiro atoms. The standard InChI is InChI=1S/C19H23NO3/c1-14-10-15-11-17(7-8-18(15)23-14)22-12-16-6-4-5-9-20(16)19(2,3)13-21/h4-11,16,21H,12-13H2,1-3H3. The lowest BCUT2D eigenvalue weighted by atomic mass is 10.0. The highest BCUT2D eigenvalue weighted by Gasteiger charge is 2.29. The molecular formula is C19H23NO3. The second-order valence-corrected chi connectivity index (χ2v) is 6.54. The van der Waals surface area contributed by atoms with Gasteiger partial charge in [0, 0.05) is 11.6 Å². The first kappa shape index (κ1) is 15.7. The Labute approximate surface area is 136 Å². The van der Waals surface area contributed by atoms with Crippen molar-refractivity contribution < 1.29 is 14.3 Å². The molecule has 1 atom stereocenters. The van der Waals surface area contributed by atoms with Crippen LogP contribution in [0, 0.1) is 6.92 Å². The van der Waals surface area contributed by atoms with E-state index < -0.39 is 0 Å². The molecule has 0 amide bonds. The molecule has 3 rings (SSSR count). The van der Waals surface area contributed by atoms with Gasteiger partial charge in [-0.1, -0.05) is 12.2 Å². The van der Waals surface area contributed by atoms with Crippen molar-refractivity contribution in [2.24, 2.45) is 0 Å². The fourth-order valence-corrected chi connectivity index (χ4v) is 2.83. The average Bonchev–Trinajstić information content (AvgIpc) is 2.92. The van der Waals surface area contributed by atoms with Crippen LogP contribution in [0.15, 0.2) is 53.1 Å². The fourth-order valence-electron chi connectivity index (χ4n) is 2.83. The van der Waals surface area contributed by atoms with Gasteiger partial charge in [0.2, 0.25) is 0 Å². The van der Waals surface area contributed by atoms with Crippen molar-refractivity contribution >= 4 is 11.0 Å². The number of fused-ring (bicyclic) bond motifs is 1. The van der Waals surface area contributed by atoms with Gasteiger partial charge in [0.05, 0.1) is 18.2 Å². The molecule has 0 bridgehead atoms. The Kier molecular flexibility index (Phi) is 4.18. The van der Waals surface area contributed by atoms with Crippen molar-refractivity contribution in [1.82, 2.24) is 4.90 Å². The molecule has 0 fully saturated rings. The van der Waals surface area contributed by atoms with Gasteiger partial charge in [-0.3, -0.25) is 0 Å². The number of benzene rings is 1. The summed E-state index contributed by atoms with van der Waals surface area (Å²) in [5, 5.41) is 10.7. The molecule has 2 aromatic rings. The number of nitrogens with zero attached hydrogens (tertiary/aromatic N) is 1. The number of hydrogen-bond donors (Lipinski definition) is 1. The smallest absolute Gasteiger partial charge is 0.134 e. The quantitative estimate of drug-likeness (QED) is 0.915. The predicted molar refractivity (Wildman–Crippen MR) is 91.5 cm³/mol. The maximum absolute atomic E-state index is 9.62. The Balaban J connectivity index is 1.72. The third kappa shape index (κ3) is 3.27. The van der Waals surface area contributed by atoms with Gasteiger partial charge in [-0.15, -0.1) is 0 Å². The summed E-state index contributed by atoms with van der Waals surface area (Å²) in [4.78, 5) is 2.13. The lowest BCUT2D eigenvalue weighted by molar-refractivity contribution is 0.0596. The van der Waals surface area contributed by atoms with Gasteiger partial charge in [-0.25, -0.2) is 0 Å². The van der Waals surface area contributed by atoms with Crippen LogP contribution in [0.1, 0.15) is 19.6 Å². The van der Waals surface area contributed by atoms with Crippen LogP contribution in [-0.4, -0.2) is 34.8 Å². The minimum absolute atomic E-state index is 0.0853. The molecule has 1 aromatic carbocycles. The number of hydrogen-bond acceptors (Lipinski definition) is 4. The van der Waals surface area contributed by atoms with Crippen LogP contribution in [0.3, 0.4) is 0 Å². The lowest BCUT2D eigenvalue weighted by Crippen LogP contribution is -2.51. The summed E-state index contributed by atoms with van der Waals surface area (Å²) in [6, 6.07) is 7.95. The normalized spacial score (nSPS) is 17.9. The molecule has 1 aromatic heterocycles. The Morgan fingerprint density at radius 2 is 2.09 bits per heavy atom. The third-order valence-electron chi connectivity index (χ3n) is 4.17. The average molecular weight is 313 g/mol. The van der Waals surface area contributed by atoms with E-state index in [0.29, 0.717) is 6.61 Å². The Morgan fingerprint density at radius 3 is 2.87 bits per heavy atom.